The summed E-state index contributed by atoms with van der Waals surface area (Å²) in [6, 6.07) is 8.21. The molecule has 2 aromatic rings. The maximum absolute atomic E-state index is 9.05. The molecular weight excluding hydrogens is 228 g/mol. The molecule has 0 fully saturated rings. The van der Waals surface area contributed by atoms with E-state index >= 15 is 0 Å². The van der Waals surface area contributed by atoms with Gasteiger partial charge in [0.15, 0.2) is 0 Å². The van der Waals surface area contributed by atoms with Gasteiger partial charge in [-0.2, -0.15) is 5.10 Å². The van der Waals surface area contributed by atoms with E-state index in [4.69, 9.17) is 9.84 Å². The normalized spacial score (nSPS) is 18.6. The lowest BCUT2D eigenvalue weighted by molar-refractivity contribution is 0.0254. The first-order valence-electron chi connectivity index (χ1n) is 6.24. The van der Waals surface area contributed by atoms with Crippen LogP contribution in [0.4, 0.5) is 0 Å². The Hall–Kier alpha value is -1.65. The third-order valence-corrected chi connectivity index (χ3v) is 3.32. The van der Waals surface area contributed by atoms with E-state index in [2.05, 4.69) is 17.2 Å². The molecule has 0 spiro atoms. The fourth-order valence-corrected chi connectivity index (χ4v) is 2.44. The number of aliphatic hydroxyl groups excluding tert-OH is 1. The van der Waals surface area contributed by atoms with Gasteiger partial charge in [-0.1, -0.05) is 6.07 Å². The summed E-state index contributed by atoms with van der Waals surface area (Å²) in [6.07, 6.45) is 5.33. The number of benzene rings is 1. The van der Waals surface area contributed by atoms with Crippen molar-refractivity contribution >= 4 is 0 Å². The van der Waals surface area contributed by atoms with Gasteiger partial charge in [0, 0.05) is 25.4 Å². The van der Waals surface area contributed by atoms with Gasteiger partial charge in [-0.15, -0.1) is 0 Å². The number of aromatic nitrogens is 2. The molecule has 0 bridgehead atoms. The van der Waals surface area contributed by atoms with E-state index in [1.54, 1.807) is 6.20 Å². The number of hydrogen-bond donors (Lipinski definition) is 1. The minimum absolute atomic E-state index is 0.0328. The van der Waals surface area contributed by atoms with Crippen LogP contribution in [-0.2, 0) is 11.2 Å². The van der Waals surface area contributed by atoms with Gasteiger partial charge in [0.05, 0.1) is 18.4 Å². The number of hydrogen-bond acceptors (Lipinski definition) is 3. The van der Waals surface area contributed by atoms with Crippen LogP contribution in [-0.4, -0.2) is 28.1 Å². The molecule has 4 nitrogen and oxygen atoms in total. The Labute approximate surface area is 106 Å². The SMILES string of the molecule is OCCC1OCCc2cc(-n3cccn3)ccc21. The lowest BCUT2D eigenvalue weighted by Gasteiger charge is -2.26. The molecule has 3 rings (SSSR count). The second-order valence-corrected chi connectivity index (χ2v) is 4.46. The van der Waals surface area contributed by atoms with E-state index in [0.717, 1.165) is 18.7 Å². The number of rotatable bonds is 3. The monoisotopic (exact) mass is 244 g/mol. The third kappa shape index (κ3) is 2.05. The van der Waals surface area contributed by atoms with Crippen molar-refractivity contribution in [1.82, 2.24) is 9.78 Å². The Morgan fingerprint density at radius 3 is 3.17 bits per heavy atom. The van der Waals surface area contributed by atoms with Crippen LogP contribution in [0.2, 0.25) is 0 Å². The van der Waals surface area contributed by atoms with Gasteiger partial charge in [0.1, 0.15) is 0 Å². The molecule has 0 saturated heterocycles. The van der Waals surface area contributed by atoms with Crippen molar-refractivity contribution in [3.8, 4) is 5.69 Å². The fourth-order valence-electron chi connectivity index (χ4n) is 2.44. The molecule has 0 radical (unpaired) electrons. The molecule has 0 saturated carbocycles. The zero-order chi connectivity index (χ0) is 12.4. The fraction of sp³-hybridized carbons (Fsp3) is 0.357. The maximum Gasteiger partial charge on any atom is 0.0849 e. The van der Waals surface area contributed by atoms with Crippen molar-refractivity contribution < 1.29 is 9.84 Å². The van der Waals surface area contributed by atoms with E-state index in [1.165, 1.54) is 11.1 Å². The van der Waals surface area contributed by atoms with E-state index < -0.39 is 0 Å². The highest BCUT2D eigenvalue weighted by atomic mass is 16.5. The largest absolute Gasteiger partial charge is 0.396 e. The number of aliphatic hydroxyl groups is 1. The molecule has 94 valence electrons. The standard InChI is InChI=1S/C14H16N2O2/c17-8-4-14-13-3-2-12(16-7-1-6-15-16)10-11(13)5-9-18-14/h1-3,6-7,10,14,17H,4-5,8-9H2. The number of nitrogens with zero attached hydrogens (tertiary/aromatic N) is 2. The van der Waals surface area contributed by atoms with E-state index in [1.807, 2.05) is 23.0 Å². The lowest BCUT2D eigenvalue weighted by atomic mass is 9.95. The van der Waals surface area contributed by atoms with Crippen LogP contribution in [0.3, 0.4) is 0 Å². The van der Waals surface area contributed by atoms with Crippen molar-refractivity contribution in [3.05, 3.63) is 47.8 Å². The summed E-state index contributed by atoms with van der Waals surface area (Å²) in [5.74, 6) is 0. The Morgan fingerprint density at radius 1 is 1.44 bits per heavy atom. The topological polar surface area (TPSA) is 47.3 Å². The summed E-state index contributed by atoms with van der Waals surface area (Å²) in [6.45, 7) is 0.880. The molecule has 2 heterocycles. The second-order valence-electron chi connectivity index (χ2n) is 4.46. The van der Waals surface area contributed by atoms with Crippen LogP contribution < -0.4 is 0 Å². The molecule has 1 atom stereocenters. The van der Waals surface area contributed by atoms with Crippen molar-refractivity contribution in [1.29, 1.82) is 0 Å². The van der Waals surface area contributed by atoms with Crippen LogP contribution in [0.25, 0.3) is 5.69 Å². The summed E-state index contributed by atoms with van der Waals surface area (Å²) in [5.41, 5.74) is 3.57. The predicted octanol–water partition coefficient (Wildman–Crippen LogP) is 1.87. The summed E-state index contributed by atoms with van der Waals surface area (Å²) >= 11 is 0. The Bertz CT molecular complexity index is 523. The van der Waals surface area contributed by atoms with Crippen molar-refractivity contribution in [3.63, 3.8) is 0 Å². The Morgan fingerprint density at radius 2 is 2.39 bits per heavy atom. The molecular formula is C14H16N2O2. The van der Waals surface area contributed by atoms with E-state index in [-0.39, 0.29) is 12.7 Å². The van der Waals surface area contributed by atoms with Crippen LogP contribution >= 0.6 is 0 Å². The summed E-state index contributed by atoms with van der Waals surface area (Å²) in [7, 11) is 0. The van der Waals surface area contributed by atoms with E-state index in [0.29, 0.717) is 6.42 Å². The average molecular weight is 244 g/mol. The summed E-state index contributed by atoms with van der Waals surface area (Å²) in [5, 5.41) is 13.3. The zero-order valence-corrected chi connectivity index (χ0v) is 10.1. The zero-order valence-electron chi connectivity index (χ0n) is 10.1. The minimum Gasteiger partial charge on any atom is -0.396 e. The third-order valence-electron chi connectivity index (χ3n) is 3.32. The molecule has 18 heavy (non-hydrogen) atoms. The van der Waals surface area contributed by atoms with Gasteiger partial charge in [-0.25, -0.2) is 4.68 Å². The Balaban J connectivity index is 1.95. The first kappa shape index (κ1) is 11.4. The van der Waals surface area contributed by atoms with Crippen LogP contribution in [0.5, 0.6) is 0 Å². The number of fused-ring (bicyclic) bond motifs is 1. The molecule has 0 aliphatic carbocycles. The van der Waals surface area contributed by atoms with E-state index in [9.17, 15) is 0 Å². The highest BCUT2D eigenvalue weighted by molar-refractivity contribution is 5.42. The molecule has 1 N–H and O–H groups in total. The highest BCUT2D eigenvalue weighted by Gasteiger charge is 2.20. The quantitative estimate of drug-likeness (QED) is 0.896. The van der Waals surface area contributed by atoms with Crippen molar-refractivity contribution in [2.45, 2.75) is 18.9 Å². The second kappa shape index (κ2) is 4.92. The molecule has 1 aliphatic heterocycles. The van der Waals surface area contributed by atoms with Gasteiger partial charge in [0.2, 0.25) is 0 Å². The van der Waals surface area contributed by atoms with Crippen LogP contribution in [0.1, 0.15) is 23.7 Å². The summed E-state index contributed by atoms with van der Waals surface area (Å²) in [4.78, 5) is 0. The summed E-state index contributed by atoms with van der Waals surface area (Å²) < 4.78 is 7.55. The first-order valence-corrected chi connectivity index (χ1v) is 6.24. The first-order chi connectivity index (χ1) is 8.88. The van der Waals surface area contributed by atoms with Crippen molar-refractivity contribution in [2.24, 2.45) is 0 Å². The van der Waals surface area contributed by atoms with Crippen LogP contribution in [0.15, 0.2) is 36.7 Å². The van der Waals surface area contributed by atoms with Gasteiger partial charge >= 0.3 is 0 Å². The molecule has 1 aliphatic rings. The Kier molecular flexibility index (Phi) is 3.13. The van der Waals surface area contributed by atoms with Crippen molar-refractivity contribution in [2.75, 3.05) is 13.2 Å². The minimum atomic E-state index is 0.0328. The van der Waals surface area contributed by atoms with Gasteiger partial charge in [-0.05, 0) is 35.7 Å². The molecule has 1 aromatic carbocycles. The lowest BCUT2D eigenvalue weighted by Crippen LogP contribution is -2.17. The number of ether oxygens (including phenoxy) is 1. The van der Waals surface area contributed by atoms with Gasteiger partial charge < -0.3 is 9.84 Å². The highest BCUT2D eigenvalue weighted by Crippen LogP contribution is 2.30. The maximum atomic E-state index is 9.05. The van der Waals surface area contributed by atoms with Crippen LogP contribution in [0, 0.1) is 0 Å². The van der Waals surface area contributed by atoms with Gasteiger partial charge in [-0.3, -0.25) is 0 Å². The molecule has 1 aromatic heterocycles. The average Bonchev–Trinajstić information content (AvgIpc) is 2.93. The van der Waals surface area contributed by atoms with Gasteiger partial charge in [0.25, 0.3) is 0 Å². The molecule has 0 amide bonds. The smallest absolute Gasteiger partial charge is 0.0849 e. The molecule has 1 unspecified atom stereocenters. The molecule has 4 heteroatoms. The predicted molar refractivity (Wildman–Crippen MR) is 67.7 cm³/mol.